The van der Waals surface area contributed by atoms with Crippen LogP contribution in [0.25, 0.3) is 0 Å². The quantitative estimate of drug-likeness (QED) is 0.484. The van der Waals surface area contributed by atoms with Crippen molar-refractivity contribution in [1.82, 2.24) is 0 Å². The monoisotopic (exact) mass is 409 g/mol. The summed E-state index contributed by atoms with van der Waals surface area (Å²) in [6.45, 7) is 0. The van der Waals surface area contributed by atoms with E-state index in [0.29, 0.717) is 22.4 Å². The van der Waals surface area contributed by atoms with Gasteiger partial charge >= 0.3 is 5.97 Å². The molecule has 3 aromatic carbocycles. The van der Waals surface area contributed by atoms with Gasteiger partial charge in [-0.25, -0.2) is 17.6 Å². The van der Waals surface area contributed by atoms with Gasteiger partial charge in [0.05, 0.1) is 22.6 Å². The molecule has 0 radical (unpaired) electrons. The lowest BCUT2D eigenvalue weighted by molar-refractivity contribution is -0.142. The van der Waals surface area contributed by atoms with Crippen LogP contribution in [0, 0.1) is 5.82 Å². The molecule has 1 unspecified atom stereocenters. The number of benzene rings is 3. The summed E-state index contributed by atoms with van der Waals surface area (Å²) in [5, 5.41) is 0. The Kier molecular flexibility index (Phi) is 4.76. The summed E-state index contributed by atoms with van der Waals surface area (Å²) in [6.07, 6.45) is 0. The van der Waals surface area contributed by atoms with Crippen molar-refractivity contribution in [2.75, 3.05) is 7.11 Å². The Morgan fingerprint density at radius 2 is 1.41 bits per heavy atom. The third-order valence-corrected chi connectivity index (χ3v) is 6.60. The van der Waals surface area contributed by atoms with Gasteiger partial charge in [0, 0.05) is 11.1 Å². The van der Waals surface area contributed by atoms with Gasteiger partial charge in [-0.1, -0.05) is 48.5 Å². The minimum absolute atomic E-state index is 0.125. The maximum atomic E-state index is 13.4. The molecule has 1 aliphatic rings. The van der Waals surface area contributed by atoms with Gasteiger partial charge in [0.25, 0.3) is 0 Å². The third-order valence-electron chi connectivity index (χ3n) is 4.73. The molecule has 0 saturated carbocycles. The highest BCUT2D eigenvalue weighted by atomic mass is 32.2. The fourth-order valence-corrected chi connectivity index (χ4v) is 5.01. The summed E-state index contributed by atoms with van der Waals surface area (Å²) in [6, 6.07) is 17.3. The number of nitrogens with zero attached hydrogens (tertiary/aromatic N) is 1. The normalized spacial score (nSPS) is 15.0. The SMILES string of the molecule is COC(=O)C(N=C1c2ccccc2S(=O)(=O)c2ccccc21)c1ccc(F)cc1. The second-order valence-corrected chi connectivity index (χ2v) is 8.34. The van der Waals surface area contributed by atoms with Crippen molar-refractivity contribution >= 4 is 21.5 Å². The van der Waals surface area contributed by atoms with Gasteiger partial charge < -0.3 is 4.74 Å². The topological polar surface area (TPSA) is 72.8 Å². The summed E-state index contributed by atoms with van der Waals surface area (Å²) in [5.74, 6) is -1.07. The van der Waals surface area contributed by atoms with Crippen LogP contribution in [-0.2, 0) is 19.4 Å². The molecule has 0 spiro atoms. The molecule has 1 atom stereocenters. The fraction of sp³-hybridized carbons (Fsp3) is 0.0909. The van der Waals surface area contributed by atoms with Gasteiger partial charge in [-0.15, -0.1) is 0 Å². The van der Waals surface area contributed by atoms with E-state index in [1.165, 1.54) is 43.5 Å². The molecular weight excluding hydrogens is 393 g/mol. The van der Waals surface area contributed by atoms with Crippen LogP contribution in [0.3, 0.4) is 0 Å². The minimum Gasteiger partial charge on any atom is -0.467 e. The lowest BCUT2D eigenvalue weighted by Gasteiger charge is -2.23. The predicted octanol–water partition coefficient (Wildman–Crippen LogP) is 3.72. The molecule has 29 heavy (non-hydrogen) atoms. The number of halogens is 1. The standard InChI is InChI=1S/C22H16FNO4S/c1-28-22(25)20(14-10-12-15(23)13-11-14)24-21-16-6-2-4-8-18(16)29(26,27)19-9-5-3-7-17(19)21/h2-13,20H,1H3. The molecule has 0 N–H and O–H groups in total. The maximum absolute atomic E-state index is 13.4. The van der Waals surface area contributed by atoms with Gasteiger partial charge in [-0.3, -0.25) is 4.99 Å². The van der Waals surface area contributed by atoms with Crippen molar-refractivity contribution < 1.29 is 22.3 Å². The molecule has 0 aliphatic carbocycles. The number of esters is 1. The average Bonchev–Trinajstić information content (AvgIpc) is 2.74. The van der Waals surface area contributed by atoms with Crippen molar-refractivity contribution in [2.45, 2.75) is 15.8 Å². The zero-order chi connectivity index (χ0) is 20.6. The Morgan fingerprint density at radius 1 is 0.897 bits per heavy atom. The number of aliphatic imine (C=N–C) groups is 1. The smallest absolute Gasteiger partial charge is 0.335 e. The first-order valence-electron chi connectivity index (χ1n) is 8.78. The highest BCUT2D eigenvalue weighted by Crippen LogP contribution is 2.36. The second-order valence-electron chi connectivity index (χ2n) is 6.45. The molecule has 0 amide bonds. The van der Waals surface area contributed by atoms with Gasteiger partial charge in [-0.2, -0.15) is 0 Å². The molecule has 4 rings (SSSR count). The lowest BCUT2D eigenvalue weighted by atomic mass is 10.00. The zero-order valence-corrected chi connectivity index (χ0v) is 16.2. The van der Waals surface area contributed by atoms with Crippen molar-refractivity contribution in [3.63, 3.8) is 0 Å². The van der Waals surface area contributed by atoms with Gasteiger partial charge in [-0.05, 0) is 29.8 Å². The number of methoxy groups -OCH3 is 1. The van der Waals surface area contributed by atoms with Crippen molar-refractivity contribution in [2.24, 2.45) is 4.99 Å². The largest absolute Gasteiger partial charge is 0.467 e. The first kappa shape index (κ1) is 19.0. The highest BCUT2D eigenvalue weighted by molar-refractivity contribution is 7.91. The van der Waals surface area contributed by atoms with Crippen LogP contribution in [0.2, 0.25) is 0 Å². The summed E-state index contributed by atoms with van der Waals surface area (Å²) in [5.41, 5.74) is 1.62. The average molecular weight is 409 g/mol. The van der Waals surface area contributed by atoms with Gasteiger partial charge in [0.2, 0.25) is 9.84 Å². The summed E-state index contributed by atoms with van der Waals surface area (Å²) < 4.78 is 44.3. The maximum Gasteiger partial charge on any atom is 0.335 e. The van der Waals surface area contributed by atoms with E-state index in [9.17, 15) is 17.6 Å². The molecule has 1 heterocycles. The van der Waals surface area contributed by atoms with Crippen LogP contribution in [0.15, 0.2) is 87.6 Å². The molecule has 0 fully saturated rings. The molecule has 146 valence electrons. The van der Waals surface area contributed by atoms with Crippen LogP contribution in [0.5, 0.6) is 0 Å². The number of carbonyl (C=O) groups excluding carboxylic acids is 1. The zero-order valence-electron chi connectivity index (χ0n) is 15.4. The Bertz CT molecular complexity index is 1180. The summed E-state index contributed by atoms with van der Waals surface area (Å²) in [7, 11) is -2.47. The Hall–Kier alpha value is -3.32. The van der Waals surface area contributed by atoms with E-state index in [2.05, 4.69) is 4.99 Å². The molecule has 7 heteroatoms. The van der Waals surface area contributed by atoms with Gasteiger partial charge in [0.15, 0.2) is 6.04 Å². The van der Waals surface area contributed by atoms with E-state index in [1.807, 2.05) is 0 Å². The first-order chi connectivity index (χ1) is 13.9. The van der Waals surface area contributed by atoms with E-state index >= 15 is 0 Å². The molecule has 0 saturated heterocycles. The van der Waals surface area contributed by atoms with Crippen LogP contribution in [-0.4, -0.2) is 27.2 Å². The molecule has 1 aliphatic heterocycles. The molecular formula is C22H16FNO4S. The minimum atomic E-state index is -3.71. The highest BCUT2D eigenvalue weighted by Gasteiger charge is 2.34. The Morgan fingerprint density at radius 3 is 1.93 bits per heavy atom. The van der Waals surface area contributed by atoms with Crippen molar-refractivity contribution in [1.29, 1.82) is 0 Å². The number of hydrogen-bond donors (Lipinski definition) is 0. The fourth-order valence-electron chi connectivity index (χ4n) is 3.34. The van der Waals surface area contributed by atoms with Crippen LogP contribution < -0.4 is 0 Å². The number of ether oxygens (including phenoxy) is 1. The number of rotatable bonds is 3. The number of carbonyl (C=O) groups is 1. The van der Waals surface area contributed by atoms with E-state index in [1.54, 1.807) is 36.4 Å². The van der Waals surface area contributed by atoms with E-state index < -0.39 is 27.7 Å². The Balaban J connectivity index is 1.99. The van der Waals surface area contributed by atoms with Gasteiger partial charge in [0.1, 0.15) is 5.82 Å². The lowest BCUT2D eigenvalue weighted by Crippen LogP contribution is -2.23. The molecule has 5 nitrogen and oxygen atoms in total. The van der Waals surface area contributed by atoms with E-state index in [0.717, 1.165) is 0 Å². The van der Waals surface area contributed by atoms with Crippen LogP contribution in [0.1, 0.15) is 22.7 Å². The van der Waals surface area contributed by atoms with Crippen molar-refractivity contribution in [3.8, 4) is 0 Å². The molecule has 0 aromatic heterocycles. The predicted molar refractivity (Wildman–Crippen MR) is 105 cm³/mol. The van der Waals surface area contributed by atoms with E-state index in [4.69, 9.17) is 4.74 Å². The number of fused-ring (bicyclic) bond motifs is 2. The summed E-state index contributed by atoms with van der Waals surface area (Å²) in [4.78, 5) is 17.3. The second kappa shape index (κ2) is 7.25. The number of hydrogen-bond acceptors (Lipinski definition) is 5. The Labute approximate surface area is 167 Å². The molecule has 0 bridgehead atoms. The first-order valence-corrected chi connectivity index (χ1v) is 10.3. The summed E-state index contributed by atoms with van der Waals surface area (Å²) >= 11 is 0. The number of sulfone groups is 1. The molecule has 3 aromatic rings. The van der Waals surface area contributed by atoms with Crippen molar-refractivity contribution in [3.05, 3.63) is 95.3 Å². The van der Waals surface area contributed by atoms with Crippen LogP contribution in [0.4, 0.5) is 4.39 Å². The van der Waals surface area contributed by atoms with Crippen LogP contribution >= 0.6 is 0 Å². The third kappa shape index (κ3) is 3.23. The van der Waals surface area contributed by atoms with E-state index in [-0.39, 0.29) is 9.79 Å².